The van der Waals surface area contributed by atoms with Crippen LogP contribution >= 0.6 is 0 Å². The summed E-state index contributed by atoms with van der Waals surface area (Å²) in [5.74, 6) is 0.567. The molecule has 25 heavy (non-hydrogen) atoms. The standard InChI is InChI=1S/C19H25N3O2S/c1-19(2)15-21(18-17(25(3,23)24)10-7-11-20-18)12-13-22(19)14-16-8-5-4-6-9-16/h4-11H,12-15H2,1-3H3. The Hall–Kier alpha value is -1.92. The Kier molecular flexibility index (Phi) is 4.84. The van der Waals surface area contributed by atoms with Crippen molar-refractivity contribution < 1.29 is 8.42 Å². The number of pyridine rings is 1. The minimum Gasteiger partial charge on any atom is -0.352 e. The van der Waals surface area contributed by atoms with E-state index in [0.29, 0.717) is 10.7 Å². The molecule has 0 bridgehead atoms. The lowest BCUT2D eigenvalue weighted by atomic mass is 9.97. The second kappa shape index (κ2) is 6.77. The van der Waals surface area contributed by atoms with Gasteiger partial charge in [0.1, 0.15) is 10.7 Å². The Morgan fingerprint density at radius 1 is 1.08 bits per heavy atom. The molecule has 0 aliphatic carbocycles. The molecule has 0 radical (unpaired) electrons. The van der Waals surface area contributed by atoms with Crippen LogP contribution in [0.15, 0.2) is 53.6 Å². The van der Waals surface area contributed by atoms with Crippen LogP contribution in [0.2, 0.25) is 0 Å². The summed E-state index contributed by atoms with van der Waals surface area (Å²) in [5.41, 5.74) is 1.21. The maximum atomic E-state index is 12.1. The quantitative estimate of drug-likeness (QED) is 0.840. The second-order valence-electron chi connectivity index (χ2n) is 7.24. The zero-order chi connectivity index (χ0) is 18.1. The molecule has 0 unspecified atom stereocenters. The smallest absolute Gasteiger partial charge is 0.179 e. The van der Waals surface area contributed by atoms with Gasteiger partial charge in [0.25, 0.3) is 0 Å². The van der Waals surface area contributed by atoms with Crippen LogP contribution in [0.4, 0.5) is 5.82 Å². The third-order valence-corrected chi connectivity index (χ3v) is 5.86. The first-order valence-corrected chi connectivity index (χ1v) is 10.4. The molecule has 6 heteroatoms. The van der Waals surface area contributed by atoms with E-state index in [1.54, 1.807) is 18.3 Å². The van der Waals surface area contributed by atoms with Crippen molar-refractivity contribution in [3.8, 4) is 0 Å². The monoisotopic (exact) mass is 359 g/mol. The number of hydrogen-bond acceptors (Lipinski definition) is 5. The highest BCUT2D eigenvalue weighted by atomic mass is 32.2. The van der Waals surface area contributed by atoms with Crippen LogP contribution in [-0.4, -0.2) is 49.7 Å². The molecule has 134 valence electrons. The average molecular weight is 359 g/mol. The van der Waals surface area contributed by atoms with Crippen LogP contribution in [0.5, 0.6) is 0 Å². The molecule has 2 heterocycles. The van der Waals surface area contributed by atoms with Crippen molar-refractivity contribution in [3.63, 3.8) is 0 Å². The summed E-state index contributed by atoms with van der Waals surface area (Å²) in [6.45, 7) is 7.65. The average Bonchev–Trinajstić information content (AvgIpc) is 2.56. The summed E-state index contributed by atoms with van der Waals surface area (Å²) >= 11 is 0. The molecule has 0 amide bonds. The van der Waals surface area contributed by atoms with Crippen molar-refractivity contribution >= 4 is 15.7 Å². The minimum absolute atomic E-state index is 0.0830. The molecule has 2 aromatic rings. The van der Waals surface area contributed by atoms with Gasteiger partial charge in [-0.2, -0.15) is 0 Å². The molecular formula is C19H25N3O2S. The minimum atomic E-state index is -3.30. The molecule has 0 atom stereocenters. The number of rotatable bonds is 4. The normalized spacial score (nSPS) is 18.3. The van der Waals surface area contributed by atoms with Crippen LogP contribution in [-0.2, 0) is 16.4 Å². The van der Waals surface area contributed by atoms with Crippen LogP contribution < -0.4 is 4.90 Å². The highest BCUT2D eigenvalue weighted by molar-refractivity contribution is 7.90. The summed E-state index contributed by atoms with van der Waals surface area (Å²) in [4.78, 5) is 9.22. The SMILES string of the molecule is CC1(C)CN(c2ncccc2S(C)(=O)=O)CCN1Cc1ccccc1. The van der Waals surface area contributed by atoms with E-state index >= 15 is 0 Å². The topological polar surface area (TPSA) is 53.5 Å². The third-order valence-electron chi connectivity index (χ3n) is 4.74. The molecule has 1 aliphatic heterocycles. The summed E-state index contributed by atoms with van der Waals surface area (Å²) in [6.07, 6.45) is 2.90. The van der Waals surface area contributed by atoms with Crippen molar-refractivity contribution in [1.82, 2.24) is 9.88 Å². The summed E-state index contributed by atoms with van der Waals surface area (Å²) < 4.78 is 24.2. The number of nitrogens with zero attached hydrogens (tertiary/aromatic N) is 3. The van der Waals surface area contributed by atoms with E-state index in [9.17, 15) is 8.42 Å². The van der Waals surface area contributed by atoms with Crippen LogP contribution in [0.25, 0.3) is 0 Å². The molecule has 1 aliphatic rings. The van der Waals surface area contributed by atoms with E-state index in [2.05, 4.69) is 52.9 Å². The van der Waals surface area contributed by atoms with Gasteiger partial charge in [0, 0.05) is 44.2 Å². The zero-order valence-corrected chi connectivity index (χ0v) is 15.8. The maximum absolute atomic E-state index is 12.1. The fourth-order valence-electron chi connectivity index (χ4n) is 3.38. The van der Waals surface area contributed by atoms with Gasteiger partial charge in [0.2, 0.25) is 0 Å². The molecular weight excluding hydrogens is 334 g/mol. The van der Waals surface area contributed by atoms with E-state index in [-0.39, 0.29) is 5.54 Å². The molecule has 1 aromatic heterocycles. The van der Waals surface area contributed by atoms with Gasteiger partial charge in [-0.1, -0.05) is 30.3 Å². The first kappa shape index (κ1) is 17.9. The van der Waals surface area contributed by atoms with Crippen molar-refractivity contribution in [2.45, 2.75) is 30.8 Å². The van der Waals surface area contributed by atoms with Crippen LogP contribution in [0.3, 0.4) is 0 Å². The van der Waals surface area contributed by atoms with Gasteiger partial charge in [-0.25, -0.2) is 13.4 Å². The predicted octanol–water partition coefficient (Wildman–Crippen LogP) is 2.59. The van der Waals surface area contributed by atoms with Crippen molar-refractivity contribution in [2.75, 3.05) is 30.8 Å². The Morgan fingerprint density at radius 3 is 2.44 bits per heavy atom. The summed E-state index contributed by atoms with van der Waals surface area (Å²) in [6, 6.07) is 13.7. The Bertz CT molecular complexity index is 835. The maximum Gasteiger partial charge on any atom is 0.179 e. The summed E-state index contributed by atoms with van der Waals surface area (Å²) in [7, 11) is -3.30. The number of anilines is 1. The van der Waals surface area contributed by atoms with E-state index in [0.717, 1.165) is 26.2 Å². The molecule has 0 spiro atoms. The van der Waals surface area contributed by atoms with Gasteiger partial charge in [0.05, 0.1) is 0 Å². The second-order valence-corrected chi connectivity index (χ2v) is 9.22. The lowest BCUT2D eigenvalue weighted by Gasteiger charge is -2.47. The predicted molar refractivity (Wildman–Crippen MR) is 100 cm³/mol. The summed E-state index contributed by atoms with van der Waals surface area (Å²) in [5, 5.41) is 0. The number of aromatic nitrogens is 1. The van der Waals surface area contributed by atoms with Gasteiger partial charge in [-0.05, 0) is 31.5 Å². The fraction of sp³-hybridized carbons (Fsp3) is 0.421. The van der Waals surface area contributed by atoms with E-state index in [1.807, 2.05) is 6.07 Å². The fourth-order valence-corrected chi connectivity index (χ4v) is 4.22. The highest BCUT2D eigenvalue weighted by Crippen LogP contribution is 2.29. The first-order chi connectivity index (χ1) is 11.8. The van der Waals surface area contributed by atoms with Gasteiger partial charge in [-0.3, -0.25) is 4.90 Å². The number of piperazine rings is 1. The van der Waals surface area contributed by atoms with Gasteiger partial charge >= 0.3 is 0 Å². The van der Waals surface area contributed by atoms with E-state index in [1.165, 1.54) is 11.8 Å². The molecule has 1 aromatic carbocycles. The lowest BCUT2D eigenvalue weighted by Crippen LogP contribution is -2.59. The van der Waals surface area contributed by atoms with E-state index < -0.39 is 9.84 Å². The van der Waals surface area contributed by atoms with Crippen molar-refractivity contribution in [2.24, 2.45) is 0 Å². The molecule has 3 rings (SSSR count). The Labute approximate surface area is 150 Å². The number of hydrogen-bond donors (Lipinski definition) is 0. The van der Waals surface area contributed by atoms with Crippen molar-refractivity contribution in [3.05, 3.63) is 54.2 Å². The molecule has 0 saturated carbocycles. The molecule has 5 nitrogen and oxygen atoms in total. The van der Waals surface area contributed by atoms with Crippen LogP contribution in [0.1, 0.15) is 19.4 Å². The van der Waals surface area contributed by atoms with E-state index in [4.69, 9.17) is 0 Å². The lowest BCUT2D eigenvalue weighted by molar-refractivity contribution is 0.0957. The third kappa shape index (κ3) is 4.02. The van der Waals surface area contributed by atoms with Crippen LogP contribution in [0, 0.1) is 0 Å². The largest absolute Gasteiger partial charge is 0.352 e. The Balaban J connectivity index is 1.82. The Morgan fingerprint density at radius 2 is 1.80 bits per heavy atom. The number of benzene rings is 1. The first-order valence-electron chi connectivity index (χ1n) is 8.46. The van der Waals surface area contributed by atoms with Gasteiger partial charge < -0.3 is 4.90 Å². The van der Waals surface area contributed by atoms with Crippen molar-refractivity contribution in [1.29, 1.82) is 0 Å². The highest BCUT2D eigenvalue weighted by Gasteiger charge is 2.35. The number of sulfone groups is 1. The van der Waals surface area contributed by atoms with Gasteiger partial charge in [0.15, 0.2) is 9.84 Å². The molecule has 1 saturated heterocycles. The van der Waals surface area contributed by atoms with Gasteiger partial charge in [-0.15, -0.1) is 0 Å². The zero-order valence-electron chi connectivity index (χ0n) is 15.0. The molecule has 1 fully saturated rings. The molecule has 0 N–H and O–H groups in total.